The fourth-order valence-electron chi connectivity index (χ4n) is 1.93. The number of aryl methyl sites for hydroxylation is 2. The first-order valence-electron chi connectivity index (χ1n) is 7.07. The summed E-state index contributed by atoms with van der Waals surface area (Å²) in [6.45, 7) is 7.46. The van der Waals surface area contributed by atoms with Gasteiger partial charge in [-0.05, 0) is 26.3 Å². The van der Waals surface area contributed by atoms with Gasteiger partial charge in [0.05, 0.1) is 6.20 Å². The number of nitrogens with one attached hydrogen (secondary N) is 1. The Morgan fingerprint density at radius 3 is 2.59 bits per heavy atom. The highest BCUT2D eigenvalue weighted by atomic mass is 16.2. The van der Waals surface area contributed by atoms with Crippen LogP contribution >= 0.6 is 0 Å². The molecule has 0 aromatic carbocycles. The molecule has 0 saturated heterocycles. The maximum atomic E-state index is 12.1. The standard InChI is InChI=1S/C15H18N6O/c1-5-9(2)14(22)20-13-12(7-16)8-17-21(13)15-18-10(3)6-11(4)19-15/h6,8-9H,5H2,1-4H3,(H,20,22). The van der Waals surface area contributed by atoms with Crippen LogP contribution in [0.5, 0.6) is 0 Å². The lowest BCUT2D eigenvalue weighted by atomic mass is 10.1. The Balaban J connectivity index is 2.47. The van der Waals surface area contributed by atoms with E-state index in [1.54, 1.807) is 0 Å². The molecule has 0 spiro atoms. The van der Waals surface area contributed by atoms with E-state index in [0.717, 1.165) is 11.4 Å². The Morgan fingerprint density at radius 2 is 2.05 bits per heavy atom. The van der Waals surface area contributed by atoms with Gasteiger partial charge in [-0.1, -0.05) is 13.8 Å². The predicted octanol–water partition coefficient (Wildman–Crippen LogP) is 2.14. The number of hydrogen-bond donors (Lipinski definition) is 1. The molecule has 2 heterocycles. The molecular weight excluding hydrogens is 280 g/mol. The monoisotopic (exact) mass is 298 g/mol. The second kappa shape index (κ2) is 6.35. The van der Waals surface area contributed by atoms with Gasteiger partial charge in [0, 0.05) is 17.3 Å². The van der Waals surface area contributed by atoms with Crippen LogP contribution in [0, 0.1) is 31.1 Å². The summed E-state index contributed by atoms with van der Waals surface area (Å²) < 4.78 is 1.39. The number of anilines is 1. The molecule has 0 aliphatic carbocycles. The predicted molar refractivity (Wildman–Crippen MR) is 81.4 cm³/mol. The largest absolute Gasteiger partial charge is 0.309 e. The van der Waals surface area contributed by atoms with Crippen LogP contribution in [0.2, 0.25) is 0 Å². The minimum Gasteiger partial charge on any atom is -0.309 e. The number of carbonyl (C=O) groups excluding carboxylic acids is 1. The molecule has 0 bridgehead atoms. The first-order valence-corrected chi connectivity index (χ1v) is 7.07. The van der Waals surface area contributed by atoms with Gasteiger partial charge >= 0.3 is 0 Å². The van der Waals surface area contributed by atoms with Gasteiger partial charge in [0.25, 0.3) is 5.95 Å². The number of amides is 1. The van der Waals surface area contributed by atoms with Gasteiger partial charge < -0.3 is 5.32 Å². The third kappa shape index (κ3) is 3.11. The molecule has 7 heteroatoms. The van der Waals surface area contributed by atoms with E-state index in [1.165, 1.54) is 10.9 Å². The van der Waals surface area contributed by atoms with Crippen LogP contribution in [0.25, 0.3) is 5.95 Å². The number of aromatic nitrogens is 4. The number of hydrogen-bond acceptors (Lipinski definition) is 5. The van der Waals surface area contributed by atoms with Gasteiger partial charge in [-0.3, -0.25) is 4.79 Å². The van der Waals surface area contributed by atoms with E-state index in [1.807, 2.05) is 39.8 Å². The van der Waals surface area contributed by atoms with Gasteiger partial charge in [-0.25, -0.2) is 9.97 Å². The molecule has 1 amide bonds. The number of carbonyl (C=O) groups is 1. The van der Waals surface area contributed by atoms with E-state index in [9.17, 15) is 10.1 Å². The third-order valence-corrected chi connectivity index (χ3v) is 3.35. The summed E-state index contributed by atoms with van der Waals surface area (Å²) in [7, 11) is 0. The molecular formula is C15H18N6O. The summed E-state index contributed by atoms with van der Waals surface area (Å²) in [6.07, 6.45) is 2.11. The molecule has 0 saturated carbocycles. The normalized spacial score (nSPS) is 11.8. The van der Waals surface area contributed by atoms with Gasteiger partial charge in [0.1, 0.15) is 11.6 Å². The molecule has 7 nitrogen and oxygen atoms in total. The molecule has 1 atom stereocenters. The minimum absolute atomic E-state index is 0.157. The third-order valence-electron chi connectivity index (χ3n) is 3.35. The molecule has 0 aliphatic rings. The Morgan fingerprint density at radius 1 is 1.41 bits per heavy atom. The zero-order valence-corrected chi connectivity index (χ0v) is 13.1. The van der Waals surface area contributed by atoms with E-state index < -0.39 is 0 Å². The lowest BCUT2D eigenvalue weighted by molar-refractivity contribution is -0.119. The summed E-state index contributed by atoms with van der Waals surface area (Å²) >= 11 is 0. The Bertz CT molecular complexity index is 723. The van der Waals surface area contributed by atoms with Crippen molar-refractivity contribution in [2.45, 2.75) is 34.1 Å². The maximum absolute atomic E-state index is 12.1. The SMILES string of the molecule is CCC(C)C(=O)Nc1c(C#N)cnn1-c1nc(C)cc(C)n1. The second-order valence-electron chi connectivity index (χ2n) is 5.18. The maximum Gasteiger partial charge on any atom is 0.252 e. The van der Waals surface area contributed by atoms with Crippen LogP contribution in [0.3, 0.4) is 0 Å². The van der Waals surface area contributed by atoms with E-state index in [4.69, 9.17) is 0 Å². The van der Waals surface area contributed by atoms with Crippen molar-refractivity contribution in [3.8, 4) is 12.0 Å². The second-order valence-corrected chi connectivity index (χ2v) is 5.18. The zero-order chi connectivity index (χ0) is 16.3. The van der Waals surface area contributed by atoms with E-state index in [0.29, 0.717) is 18.2 Å². The molecule has 114 valence electrons. The molecule has 1 unspecified atom stereocenters. The fourth-order valence-corrected chi connectivity index (χ4v) is 1.93. The average Bonchev–Trinajstić information content (AvgIpc) is 2.88. The van der Waals surface area contributed by atoms with E-state index in [2.05, 4.69) is 20.4 Å². The first-order chi connectivity index (χ1) is 10.5. The van der Waals surface area contributed by atoms with Gasteiger partial charge in [-0.2, -0.15) is 15.0 Å². The minimum atomic E-state index is -0.162. The van der Waals surface area contributed by atoms with E-state index in [-0.39, 0.29) is 17.4 Å². The Kier molecular flexibility index (Phi) is 4.51. The molecule has 1 N–H and O–H groups in total. The van der Waals surface area contributed by atoms with Gasteiger partial charge in [0.2, 0.25) is 5.91 Å². The highest BCUT2D eigenvalue weighted by molar-refractivity contribution is 5.92. The smallest absolute Gasteiger partial charge is 0.252 e. The lowest BCUT2D eigenvalue weighted by Gasteiger charge is -2.12. The van der Waals surface area contributed by atoms with Crippen LogP contribution in [0.1, 0.15) is 37.2 Å². The van der Waals surface area contributed by atoms with Crippen LogP contribution in [0.4, 0.5) is 5.82 Å². The number of nitrogens with zero attached hydrogens (tertiary/aromatic N) is 5. The molecule has 2 rings (SSSR count). The topological polar surface area (TPSA) is 96.5 Å². The van der Waals surface area contributed by atoms with Crippen molar-refractivity contribution in [1.29, 1.82) is 5.26 Å². The van der Waals surface area contributed by atoms with Crippen LogP contribution < -0.4 is 5.32 Å². The Hall–Kier alpha value is -2.75. The molecule has 2 aromatic heterocycles. The summed E-state index contributed by atoms with van der Waals surface area (Å²) in [4.78, 5) is 20.8. The molecule has 0 aliphatic heterocycles. The Labute approximate surface area is 129 Å². The lowest BCUT2D eigenvalue weighted by Crippen LogP contribution is -2.22. The molecule has 22 heavy (non-hydrogen) atoms. The summed E-state index contributed by atoms with van der Waals surface area (Å²) in [5.74, 6) is 0.316. The number of rotatable bonds is 4. The van der Waals surface area contributed by atoms with Crippen molar-refractivity contribution in [2.75, 3.05) is 5.32 Å². The summed E-state index contributed by atoms with van der Waals surface area (Å²) in [5.41, 5.74) is 1.85. The summed E-state index contributed by atoms with van der Waals surface area (Å²) in [6, 6.07) is 3.87. The molecule has 2 aromatic rings. The zero-order valence-electron chi connectivity index (χ0n) is 13.1. The highest BCUT2D eigenvalue weighted by Gasteiger charge is 2.19. The molecule has 0 radical (unpaired) electrons. The van der Waals surface area contributed by atoms with Crippen molar-refractivity contribution in [2.24, 2.45) is 5.92 Å². The van der Waals surface area contributed by atoms with Gasteiger partial charge in [0.15, 0.2) is 5.82 Å². The van der Waals surface area contributed by atoms with Gasteiger partial charge in [-0.15, -0.1) is 0 Å². The summed E-state index contributed by atoms with van der Waals surface area (Å²) in [5, 5.41) is 16.1. The van der Waals surface area contributed by atoms with Crippen LogP contribution in [-0.2, 0) is 4.79 Å². The highest BCUT2D eigenvalue weighted by Crippen LogP contribution is 2.19. The van der Waals surface area contributed by atoms with Crippen LogP contribution in [-0.4, -0.2) is 25.7 Å². The first kappa shape index (κ1) is 15.6. The fraction of sp³-hybridized carbons (Fsp3) is 0.400. The average molecular weight is 298 g/mol. The van der Waals surface area contributed by atoms with Crippen molar-refractivity contribution in [3.63, 3.8) is 0 Å². The number of nitriles is 1. The van der Waals surface area contributed by atoms with Crippen molar-refractivity contribution in [3.05, 3.63) is 29.2 Å². The quantitative estimate of drug-likeness (QED) is 0.932. The van der Waals surface area contributed by atoms with Crippen molar-refractivity contribution in [1.82, 2.24) is 19.7 Å². The van der Waals surface area contributed by atoms with Crippen LogP contribution in [0.15, 0.2) is 12.3 Å². The van der Waals surface area contributed by atoms with Crippen molar-refractivity contribution < 1.29 is 4.79 Å². The van der Waals surface area contributed by atoms with Crippen molar-refractivity contribution >= 4 is 11.7 Å². The van der Waals surface area contributed by atoms with E-state index >= 15 is 0 Å². The molecule has 0 fully saturated rings.